The third kappa shape index (κ3) is 3.33. The second-order valence-corrected chi connectivity index (χ2v) is 5.60. The van der Waals surface area contributed by atoms with Crippen LogP contribution in [0.3, 0.4) is 0 Å². The smallest absolute Gasteiger partial charge is 0.237 e. The van der Waals surface area contributed by atoms with Gasteiger partial charge in [-0.2, -0.15) is 0 Å². The average Bonchev–Trinajstić information content (AvgIpc) is 3.08. The Kier molecular flexibility index (Phi) is 4.02. The fourth-order valence-electron chi connectivity index (χ4n) is 2.33. The zero-order valence-electron chi connectivity index (χ0n) is 11.1. The van der Waals surface area contributed by atoms with Crippen LogP contribution >= 0.6 is 0 Å². The Morgan fingerprint density at radius 1 is 1.39 bits per heavy atom. The maximum absolute atomic E-state index is 11.9. The number of carbonyl (C=O) groups is 1. The van der Waals surface area contributed by atoms with Crippen molar-refractivity contribution in [3.63, 3.8) is 0 Å². The molecule has 1 aromatic carbocycles. The second kappa shape index (κ2) is 5.53. The number of amides is 1. The first kappa shape index (κ1) is 13.1. The van der Waals surface area contributed by atoms with E-state index in [0.29, 0.717) is 11.8 Å². The van der Waals surface area contributed by atoms with E-state index in [1.54, 1.807) is 0 Å². The number of rotatable bonds is 5. The van der Waals surface area contributed by atoms with Crippen LogP contribution in [0.25, 0.3) is 0 Å². The third-order valence-corrected chi connectivity index (χ3v) is 3.41. The first-order valence-electron chi connectivity index (χ1n) is 6.69. The molecule has 3 atom stereocenters. The minimum absolute atomic E-state index is 0.00729. The van der Waals surface area contributed by atoms with Gasteiger partial charge < -0.3 is 11.1 Å². The highest BCUT2D eigenvalue weighted by molar-refractivity contribution is 5.82. The summed E-state index contributed by atoms with van der Waals surface area (Å²) in [6, 6.07) is 10.2. The lowest BCUT2D eigenvalue weighted by molar-refractivity contribution is -0.122. The molecule has 0 bridgehead atoms. The van der Waals surface area contributed by atoms with Gasteiger partial charge >= 0.3 is 0 Å². The van der Waals surface area contributed by atoms with E-state index in [0.717, 1.165) is 12.8 Å². The summed E-state index contributed by atoms with van der Waals surface area (Å²) in [6.45, 7) is 4.16. The van der Waals surface area contributed by atoms with E-state index in [-0.39, 0.29) is 18.0 Å². The summed E-state index contributed by atoms with van der Waals surface area (Å²) in [5, 5.41) is 3.04. The van der Waals surface area contributed by atoms with Crippen molar-refractivity contribution >= 4 is 5.91 Å². The molecular weight excluding hydrogens is 224 g/mol. The number of benzene rings is 1. The van der Waals surface area contributed by atoms with Crippen LogP contribution in [0.15, 0.2) is 30.3 Å². The zero-order chi connectivity index (χ0) is 13.1. The van der Waals surface area contributed by atoms with Gasteiger partial charge in [-0.3, -0.25) is 4.79 Å². The SMILES string of the molecule is CC(C)C[C@@H](N)C(=O)NC1CC1c1ccccc1. The molecule has 0 aromatic heterocycles. The van der Waals surface area contributed by atoms with Crippen molar-refractivity contribution in [2.45, 2.75) is 44.7 Å². The van der Waals surface area contributed by atoms with Crippen LogP contribution < -0.4 is 11.1 Å². The van der Waals surface area contributed by atoms with Gasteiger partial charge in [0.2, 0.25) is 5.91 Å². The summed E-state index contributed by atoms with van der Waals surface area (Å²) >= 11 is 0. The molecule has 2 unspecified atom stereocenters. The lowest BCUT2D eigenvalue weighted by Crippen LogP contribution is -2.42. The molecule has 0 radical (unpaired) electrons. The fourth-order valence-corrected chi connectivity index (χ4v) is 2.33. The van der Waals surface area contributed by atoms with Crippen LogP contribution in [0.5, 0.6) is 0 Å². The van der Waals surface area contributed by atoms with Crippen molar-refractivity contribution in [2.75, 3.05) is 0 Å². The van der Waals surface area contributed by atoms with Crippen molar-refractivity contribution in [1.29, 1.82) is 0 Å². The van der Waals surface area contributed by atoms with Gasteiger partial charge in [0.1, 0.15) is 0 Å². The molecule has 3 N–H and O–H groups in total. The maximum Gasteiger partial charge on any atom is 0.237 e. The standard InChI is InChI=1S/C15H22N2O/c1-10(2)8-13(16)15(18)17-14-9-12(14)11-6-4-3-5-7-11/h3-7,10,12-14H,8-9,16H2,1-2H3,(H,17,18)/t12?,13-,14?/m1/s1. The first-order valence-corrected chi connectivity index (χ1v) is 6.69. The minimum atomic E-state index is -0.373. The first-order chi connectivity index (χ1) is 8.58. The van der Waals surface area contributed by atoms with Gasteiger partial charge in [-0.25, -0.2) is 0 Å². The Bertz CT molecular complexity index is 402. The second-order valence-electron chi connectivity index (χ2n) is 5.60. The van der Waals surface area contributed by atoms with Gasteiger partial charge in [0.05, 0.1) is 6.04 Å². The lowest BCUT2D eigenvalue weighted by Gasteiger charge is -2.14. The Morgan fingerprint density at radius 3 is 2.67 bits per heavy atom. The molecule has 2 rings (SSSR count). The summed E-state index contributed by atoms with van der Waals surface area (Å²) in [6.07, 6.45) is 1.78. The van der Waals surface area contributed by atoms with E-state index in [1.165, 1.54) is 5.56 Å². The summed E-state index contributed by atoms with van der Waals surface area (Å²) in [4.78, 5) is 11.9. The Balaban J connectivity index is 1.81. The molecule has 0 saturated heterocycles. The van der Waals surface area contributed by atoms with Crippen molar-refractivity contribution in [3.8, 4) is 0 Å². The third-order valence-electron chi connectivity index (χ3n) is 3.41. The average molecular weight is 246 g/mol. The summed E-state index contributed by atoms with van der Waals surface area (Å²) in [5.74, 6) is 0.920. The monoisotopic (exact) mass is 246 g/mol. The number of carbonyl (C=O) groups excluding carboxylic acids is 1. The highest BCUT2D eigenvalue weighted by Crippen LogP contribution is 2.40. The lowest BCUT2D eigenvalue weighted by atomic mass is 10.0. The molecule has 3 nitrogen and oxygen atoms in total. The van der Waals surface area contributed by atoms with Crippen LogP contribution in [0, 0.1) is 5.92 Å². The number of hydrogen-bond acceptors (Lipinski definition) is 2. The van der Waals surface area contributed by atoms with Crippen molar-refractivity contribution < 1.29 is 4.79 Å². The molecule has 0 aliphatic heterocycles. The van der Waals surface area contributed by atoms with E-state index in [2.05, 4.69) is 31.3 Å². The van der Waals surface area contributed by atoms with Gasteiger partial charge in [0.15, 0.2) is 0 Å². The van der Waals surface area contributed by atoms with Crippen molar-refractivity contribution in [1.82, 2.24) is 5.32 Å². The maximum atomic E-state index is 11.9. The largest absolute Gasteiger partial charge is 0.351 e. The number of hydrogen-bond donors (Lipinski definition) is 2. The van der Waals surface area contributed by atoms with Gasteiger partial charge in [-0.1, -0.05) is 44.2 Å². The normalized spacial score (nSPS) is 23.8. The van der Waals surface area contributed by atoms with Crippen LogP contribution in [-0.2, 0) is 4.79 Å². The molecule has 1 aromatic rings. The summed E-state index contributed by atoms with van der Waals surface area (Å²) in [5.41, 5.74) is 7.17. The fraction of sp³-hybridized carbons (Fsp3) is 0.533. The quantitative estimate of drug-likeness (QED) is 0.835. The Labute approximate surface area is 109 Å². The van der Waals surface area contributed by atoms with Gasteiger partial charge in [0, 0.05) is 12.0 Å². The van der Waals surface area contributed by atoms with E-state index in [4.69, 9.17) is 5.73 Å². The molecule has 0 spiro atoms. The van der Waals surface area contributed by atoms with E-state index < -0.39 is 0 Å². The van der Waals surface area contributed by atoms with Gasteiger partial charge in [0.25, 0.3) is 0 Å². The minimum Gasteiger partial charge on any atom is -0.351 e. The van der Waals surface area contributed by atoms with E-state index in [9.17, 15) is 4.79 Å². The number of nitrogens with two attached hydrogens (primary N) is 1. The van der Waals surface area contributed by atoms with Crippen molar-refractivity contribution in [3.05, 3.63) is 35.9 Å². The Morgan fingerprint density at radius 2 is 2.06 bits per heavy atom. The predicted molar refractivity (Wildman–Crippen MR) is 73.2 cm³/mol. The van der Waals surface area contributed by atoms with Crippen LogP contribution in [0.2, 0.25) is 0 Å². The van der Waals surface area contributed by atoms with Crippen LogP contribution in [0.4, 0.5) is 0 Å². The molecule has 1 amide bonds. The van der Waals surface area contributed by atoms with E-state index >= 15 is 0 Å². The molecular formula is C15H22N2O. The molecule has 1 saturated carbocycles. The van der Waals surface area contributed by atoms with Gasteiger partial charge in [-0.05, 0) is 24.3 Å². The van der Waals surface area contributed by atoms with Crippen LogP contribution in [0.1, 0.15) is 38.2 Å². The topological polar surface area (TPSA) is 55.1 Å². The molecule has 0 heterocycles. The summed E-state index contributed by atoms with van der Waals surface area (Å²) in [7, 11) is 0. The molecule has 1 fully saturated rings. The number of nitrogens with one attached hydrogen (secondary N) is 1. The molecule has 3 heteroatoms. The van der Waals surface area contributed by atoms with Crippen molar-refractivity contribution in [2.24, 2.45) is 11.7 Å². The molecule has 18 heavy (non-hydrogen) atoms. The molecule has 1 aliphatic carbocycles. The van der Waals surface area contributed by atoms with E-state index in [1.807, 2.05) is 18.2 Å². The highest BCUT2D eigenvalue weighted by atomic mass is 16.2. The zero-order valence-corrected chi connectivity index (χ0v) is 11.1. The van der Waals surface area contributed by atoms with Crippen LogP contribution in [-0.4, -0.2) is 18.0 Å². The Hall–Kier alpha value is -1.35. The molecule has 98 valence electrons. The molecule has 1 aliphatic rings. The highest BCUT2D eigenvalue weighted by Gasteiger charge is 2.39. The van der Waals surface area contributed by atoms with Gasteiger partial charge in [-0.15, -0.1) is 0 Å². The summed E-state index contributed by atoms with van der Waals surface area (Å²) < 4.78 is 0. The predicted octanol–water partition coefficient (Wildman–Crippen LogP) is 2.03.